The summed E-state index contributed by atoms with van der Waals surface area (Å²) in [7, 11) is 1.18. The van der Waals surface area contributed by atoms with E-state index in [9.17, 15) is 23.6 Å². The fourth-order valence-electron chi connectivity index (χ4n) is 3.05. The number of rotatable bonds is 7. The van der Waals surface area contributed by atoms with E-state index in [4.69, 9.17) is 16.3 Å². The van der Waals surface area contributed by atoms with Gasteiger partial charge >= 0.3 is 11.9 Å². The molecule has 10 heteroatoms. The van der Waals surface area contributed by atoms with Crippen LogP contribution in [0.5, 0.6) is 0 Å². The maximum absolute atomic E-state index is 14.7. The molecule has 1 aromatic heterocycles. The molecule has 0 saturated heterocycles. The summed E-state index contributed by atoms with van der Waals surface area (Å²) in [5, 5.41) is -1.12. The first kappa shape index (κ1) is 23.8. The third-order valence-corrected chi connectivity index (χ3v) is 5.92. The van der Waals surface area contributed by atoms with E-state index in [0.717, 1.165) is 6.92 Å². The normalized spacial score (nSPS) is 13.6. The monoisotopic (exact) mass is 457 g/mol. The Hall–Kier alpha value is -2.52. The number of methoxy groups -OCH3 is 1. The Morgan fingerprint density at radius 2 is 1.87 bits per heavy atom. The van der Waals surface area contributed by atoms with Crippen molar-refractivity contribution in [2.45, 2.75) is 39.0 Å². The first-order valence-corrected chi connectivity index (χ1v) is 10.3. The summed E-state index contributed by atoms with van der Waals surface area (Å²) < 4.78 is 24.3. The molecule has 0 fully saturated rings. The second-order valence-electron chi connectivity index (χ2n) is 6.43. The number of hydrogen-bond donors (Lipinski definition) is 0. The van der Waals surface area contributed by atoms with Crippen molar-refractivity contribution in [1.82, 2.24) is 0 Å². The highest BCUT2D eigenvalue weighted by atomic mass is 35.5. The zero-order valence-electron chi connectivity index (χ0n) is 16.6. The molecule has 1 aliphatic rings. The van der Waals surface area contributed by atoms with Crippen LogP contribution in [0.4, 0.5) is 10.1 Å². The second kappa shape index (κ2) is 10.5. The minimum Gasteiger partial charge on any atom is -0.469 e. The summed E-state index contributed by atoms with van der Waals surface area (Å²) in [6, 6.07) is 0. The van der Waals surface area contributed by atoms with Gasteiger partial charge in [0.1, 0.15) is 12.3 Å². The predicted molar refractivity (Wildman–Crippen MR) is 110 cm³/mol. The molecule has 1 aromatic rings. The lowest BCUT2D eigenvalue weighted by Gasteiger charge is -2.24. The Morgan fingerprint density at radius 1 is 1.23 bits per heavy atom. The van der Waals surface area contributed by atoms with Crippen molar-refractivity contribution in [2.75, 3.05) is 18.6 Å². The molecule has 2 amide bonds. The molecule has 162 valence electrons. The van der Waals surface area contributed by atoms with E-state index < -0.39 is 34.6 Å². The Bertz CT molecular complexity index is 923. The van der Waals surface area contributed by atoms with Gasteiger partial charge in [0.25, 0.3) is 5.91 Å². The Kier molecular flexibility index (Phi) is 8.31. The van der Waals surface area contributed by atoms with Crippen LogP contribution in [-0.4, -0.2) is 37.5 Å². The molecule has 30 heavy (non-hydrogen) atoms. The number of halogens is 2. The minimum atomic E-state index is -0.894. The van der Waals surface area contributed by atoms with E-state index in [0.29, 0.717) is 35.5 Å². The number of carbonyl (C=O) groups is 4. The summed E-state index contributed by atoms with van der Waals surface area (Å²) in [5.74, 6) is -2.94. The molecule has 7 nitrogen and oxygen atoms in total. The van der Waals surface area contributed by atoms with Gasteiger partial charge in [-0.05, 0) is 25.7 Å². The van der Waals surface area contributed by atoms with Crippen molar-refractivity contribution in [3.05, 3.63) is 38.8 Å². The SMILES string of the molecule is C=CCOC(=O)C1=C(C(=O)N(C(C)=O)c2c(F)sc(CC(=O)OC)c2Cl)CCCC1. The van der Waals surface area contributed by atoms with E-state index in [-0.39, 0.29) is 40.5 Å². The maximum Gasteiger partial charge on any atom is 0.334 e. The highest BCUT2D eigenvalue weighted by molar-refractivity contribution is 7.11. The standard InChI is InChI=1S/C20H21ClFNO6S/c1-4-9-29-20(27)13-8-6-5-7-12(13)19(26)23(11(2)24)17-16(21)14(30-18(17)22)10-15(25)28-3/h4H,1,5-10H2,2-3H3. The van der Waals surface area contributed by atoms with Crippen molar-refractivity contribution in [2.24, 2.45) is 0 Å². The first-order valence-electron chi connectivity index (χ1n) is 9.11. The molecule has 0 aromatic carbocycles. The van der Waals surface area contributed by atoms with Crippen LogP contribution in [0, 0.1) is 5.13 Å². The molecule has 0 atom stereocenters. The Balaban J connectivity index is 2.50. The minimum absolute atomic E-state index is 0.0257. The van der Waals surface area contributed by atoms with Gasteiger partial charge in [-0.15, -0.1) is 11.3 Å². The number of anilines is 1. The van der Waals surface area contributed by atoms with Crippen molar-refractivity contribution in [1.29, 1.82) is 0 Å². The summed E-state index contributed by atoms with van der Waals surface area (Å²) in [6.07, 6.45) is 2.92. The summed E-state index contributed by atoms with van der Waals surface area (Å²) in [4.78, 5) is 50.2. The molecule has 0 radical (unpaired) electrons. The van der Waals surface area contributed by atoms with Gasteiger partial charge in [0.05, 0.1) is 18.6 Å². The van der Waals surface area contributed by atoms with Crippen LogP contribution in [0.2, 0.25) is 5.02 Å². The fourth-order valence-corrected chi connectivity index (χ4v) is 4.34. The summed E-state index contributed by atoms with van der Waals surface area (Å²) in [6.45, 7) is 4.53. The quantitative estimate of drug-likeness (QED) is 0.457. The van der Waals surface area contributed by atoms with E-state index in [1.54, 1.807) is 0 Å². The van der Waals surface area contributed by atoms with Gasteiger partial charge in [-0.25, -0.2) is 9.69 Å². The van der Waals surface area contributed by atoms with Gasteiger partial charge in [-0.3, -0.25) is 14.4 Å². The molecular weight excluding hydrogens is 437 g/mol. The molecule has 1 aliphatic carbocycles. The van der Waals surface area contributed by atoms with Crippen LogP contribution in [0.3, 0.4) is 0 Å². The van der Waals surface area contributed by atoms with Crippen molar-refractivity contribution >= 4 is 52.4 Å². The average Bonchev–Trinajstić information content (AvgIpc) is 2.99. The molecule has 0 aliphatic heterocycles. The van der Waals surface area contributed by atoms with Gasteiger partial charge in [0, 0.05) is 22.9 Å². The lowest BCUT2D eigenvalue weighted by molar-refractivity contribution is -0.140. The van der Waals surface area contributed by atoms with Crippen molar-refractivity contribution in [3.8, 4) is 0 Å². The molecule has 0 saturated carbocycles. The number of ether oxygens (including phenoxy) is 2. The first-order chi connectivity index (χ1) is 14.2. The van der Waals surface area contributed by atoms with Crippen LogP contribution in [-0.2, 0) is 35.1 Å². The zero-order chi connectivity index (χ0) is 22.4. The van der Waals surface area contributed by atoms with E-state index in [1.165, 1.54) is 13.2 Å². The molecule has 0 N–H and O–H groups in total. The molecule has 0 bridgehead atoms. The van der Waals surface area contributed by atoms with Gasteiger partial charge < -0.3 is 9.47 Å². The number of nitrogens with zero attached hydrogens (tertiary/aromatic N) is 1. The molecule has 0 unspecified atom stereocenters. The second-order valence-corrected chi connectivity index (χ2v) is 7.86. The van der Waals surface area contributed by atoms with Crippen molar-refractivity contribution in [3.63, 3.8) is 0 Å². The molecule has 0 spiro atoms. The molecule has 2 rings (SSSR count). The number of imide groups is 1. The zero-order valence-corrected chi connectivity index (χ0v) is 18.2. The molecular formula is C20H21ClFNO6S. The van der Waals surface area contributed by atoms with E-state index in [2.05, 4.69) is 11.3 Å². The van der Waals surface area contributed by atoms with Gasteiger partial charge in [-0.1, -0.05) is 24.3 Å². The lowest BCUT2D eigenvalue weighted by atomic mass is 9.90. The number of esters is 2. The largest absolute Gasteiger partial charge is 0.469 e. The summed E-state index contributed by atoms with van der Waals surface area (Å²) >= 11 is 6.77. The average molecular weight is 458 g/mol. The van der Waals surface area contributed by atoms with Gasteiger partial charge in [-0.2, -0.15) is 4.39 Å². The maximum atomic E-state index is 14.7. The van der Waals surface area contributed by atoms with Crippen LogP contribution < -0.4 is 4.90 Å². The molecule has 1 heterocycles. The van der Waals surface area contributed by atoms with Crippen molar-refractivity contribution < 1.29 is 33.0 Å². The number of carbonyl (C=O) groups excluding carboxylic acids is 4. The number of hydrogen-bond acceptors (Lipinski definition) is 7. The topological polar surface area (TPSA) is 90.0 Å². The summed E-state index contributed by atoms with van der Waals surface area (Å²) in [5.41, 5.74) is -0.197. The Labute approximate surface area is 182 Å². The van der Waals surface area contributed by atoms with Gasteiger partial charge in [0.15, 0.2) is 0 Å². The lowest BCUT2D eigenvalue weighted by Crippen LogP contribution is -2.38. The van der Waals surface area contributed by atoms with Gasteiger partial charge in [0.2, 0.25) is 11.0 Å². The highest BCUT2D eigenvalue weighted by Crippen LogP contribution is 2.41. The highest BCUT2D eigenvalue weighted by Gasteiger charge is 2.35. The number of amides is 2. The van der Waals surface area contributed by atoms with Crippen LogP contribution >= 0.6 is 22.9 Å². The van der Waals surface area contributed by atoms with Crippen LogP contribution in [0.25, 0.3) is 0 Å². The van der Waals surface area contributed by atoms with E-state index in [1.807, 2.05) is 0 Å². The van der Waals surface area contributed by atoms with Crippen LogP contribution in [0.15, 0.2) is 23.8 Å². The third kappa shape index (κ3) is 5.14. The fraction of sp³-hybridized carbons (Fsp3) is 0.400. The smallest absolute Gasteiger partial charge is 0.334 e. The third-order valence-electron chi connectivity index (χ3n) is 4.43. The van der Waals surface area contributed by atoms with Crippen LogP contribution in [0.1, 0.15) is 37.5 Å². The Morgan fingerprint density at radius 3 is 2.43 bits per heavy atom. The number of thiophene rings is 1. The predicted octanol–water partition coefficient (Wildman–Crippen LogP) is 3.74. The van der Waals surface area contributed by atoms with E-state index >= 15 is 0 Å².